The quantitative estimate of drug-likeness (QED) is 0.0878. The number of pyridine rings is 4. The number of hydrogen-bond donors (Lipinski definition) is 4. The van der Waals surface area contributed by atoms with E-state index in [9.17, 15) is 29.5 Å². The molecule has 0 unspecified atom stereocenters. The Kier molecular flexibility index (Phi) is 26.4. The average Bonchev–Trinajstić information content (AvgIpc) is 0.787. The van der Waals surface area contributed by atoms with Crippen LogP contribution in [0.1, 0.15) is 163 Å². The minimum Gasteiger partial charge on any atom is -0.400 e. The molecule has 5 rings (SSSR count). The first-order valence-electron chi connectivity index (χ1n) is 30.5. The molecule has 1 fully saturated rings. The fourth-order valence-corrected chi connectivity index (χ4v) is 7.73. The van der Waals surface area contributed by atoms with Gasteiger partial charge in [-0.3, -0.25) is 0 Å². The van der Waals surface area contributed by atoms with E-state index in [0.29, 0.717) is 14.8 Å². The minimum atomic E-state index is -3.67. The van der Waals surface area contributed by atoms with Gasteiger partial charge in [0.05, 0.1) is 46.0 Å². The molecule has 28 heteroatoms. The van der Waals surface area contributed by atoms with Crippen LogP contribution in [0.3, 0.4) is 0 Å². The molecule has 1 saturated heterocycles. The summed E-state index contributed by atoms with van der Waals surface area (Å²) in [7, 11) is -14.4. The van der Waals surface area contributed by atoms with E-state index >= 15 is 0 Å². The molecule has 5 heterocycles. The van der Waals surface area contributed by atoms with Crippen molar-refractivity contribution in [2.45, 2.75) is 145 Å². The molecule has 1 aliphatic heterocycles. The molecule has 17 nitrogen and oxygen atoms in total. The van der Waals surface area contributed by atoms with Gasteiger partial charge in [0, 0.05) is 97.7 Å². The molecule has 0 saturated carbocycles. The summed E-state index contributed by atoms with van der Waals surface area (Å²) in [6, 6.07) is 3.44. The van der Waals surface area contributed by atoms with E-state index < -0.39 is 121 Å². The van der Waals surface area contributed by atoms with E-state index in [-0.39, 0.29) is 76.1 Å². The molecule has 0 amide bonds. The largest absolute Gasteiger partial charge is 1.00 e. The predicted molar refractivity (Wildman–Crippen MR) is 324 cm³/mol. The van der Waals surface area contributed by atoms with Gasteiger partial charge in [0.25, 0.3) is 0 Å². The standard InChI is InChI=1S/C12H20N2O3S2.C11H17BrN2OS.C11H15BrN2OS.C8H12N2O2S.C4H8O.CH4O.BH4.2ClH.Li/c1-9(14-18(15)12(2,3)4)10-6-7-13-11(8-10)19(5,16)17;2*1-8(14-16(15)11(2,3)4)9-5-6-13-10(12)7-9;1-6(9)7-3-4-10-8(5-7)13(2,11)12;1-2-4-5-3-1;1-2;;;;/h6-9,14H,1-5H3;5-8,14H,1-4H3;5-7H,1-4H3;3-6H,9H2,1-2H3;1-4H2;2H,1H3;1H4;2*1H;/q;;;;;;-1;;;+1/t9-,18+;8-,16+;16-;6-;;;;;;/m0010....../s1/i1D3,9D;1D3,8D;1D3;1D3,6D;;;1D4;;;. The molecule has 4 aromatic heterocycles. The third-order valence-electron chi connectivity index (χ3n) is 7.87. The number of rotatable bonds is 11. The number of halogens is 4. The maximum atomic E-state index is 12.3. The van der Waals surface area contributed by atoms with E-state index in [0.717, 1.165) is 57.4 Å². The molecule has 1 aliphatic rings. The third kappa shape index (κ3) is 35.1. The second-order valence-corrected chi connectivity index (χ2v) is 28.7. The summed E-state index contributed by atoms with van der Waals surface area (Å²) in [6.45, 7) is 6.48. The smallest absolute Gasteiger partial charge is 0.400 e. The van der Waals surface area contributed by atoms with Crippen molar-refractivity contribution in [3.8, 4) is 0 Å². The van der Waals surface area contributed by atoms with Gasteiger partial charge >= 0.3 is 18.9 Å². The van der Waals surface area contributed by atoms with E-state index in [2.05, 4.69) is 65.6 Å². The van der Waals surface area contributed by atoms with Gasteiger partial charge in [-0.2, -0.15) is 4.40 Å². The number of aromatic nitrogens is 4. The van der Waals surface area contributed by atoms with Crippen molar-refractivity contribution in [2.24, 2.45) is 10.1 Å². The van der Waals surface area contributed by atoms with Gasteiger partial charge in [0.15, 0.2) is 29.7 Å². The Morgan fingerprint density at radius 1 is 0.720 bits per heavy atom. The maximum Gasteiger partial charge on any atom is 1.00 e. The van der Waals surface area contributed by atoms with Crippen LogP contribution in [0.25, 0.3) is 0 Å². The number of sulfone groups is 2. The fraction of sp³-hybridized carbons (Fsp3) is 0.553. The normalized spacial score (nSPS) is 20.5. The Morgan fingerprint density at radius 2 is 1.11 bits per heavy atom. The van der Waals surface area contributed by atoms with Crippen LogP contribution in [-0.4, -0.2) is 121 Å². The van der Waals surface area contributed by atoms with Crippen LogP contribution in [0.15, 0.2) is 97.0 Å². The Hall–Kier alpha value is -1.38. The minimum absolute atomic E-state index is 0. The molecule has 0 aliphatic carbocycles. The Balaban J connectivity index is -0.000000350. The molecule has 0 radical (unpaired) electrons. The summed E-state index contributed by atoms with van der Waals surface area (Å²) >= 11 is 6.32. The summed E-state index contributed by atoms with van der Waals surface area (Å²) in [5.74, 6) is 0. The van der Waals surface area contributed by atoms with Gasteiger partial charge in [-0.15, -0.1) is 24.8 Å². The first-order chi connectivity index (χ1) is 40.4. The van der Waals surface area contributed by atoms with Crippen LogP contribution in [0.4, 0.5) is 0 Å². The van der Waals surface area contributed by atoms with Crippen LogP contribution in [0.2, 0.25) is 0 Å². The van der Waals surface area contributed by atoms with Crippen molar-refractivity contribution in [1.82, 2.24) is 29.4 Å². The monoisotopic (exact) mass is 1330 g/mol. The number of hydrogen-bond acceptors (Lipinski definition) is 14. The summed E-state index contributed by atoms with van der Waals surface area (Å²) in [5.41, 5.74) is 5.55. The number of nitrogens with zero attached hydrogens (tertiary/aromatic N) is 5. The predicted octanol–water partition coefficient (Wildman–Crippen LogP) is 4.98. The Bertz CT molecular complexity index is 3320. The van der Waals surface area contributed by atoms with Crippen molar-refractivity contribution in [1.29, 1.82) is 5.34 Å². The zero-order valence-electron chi connectivity index (χ0n) is 63.0. The zero-order chi connectivity index (χ0) is 72.4. The third-order valence-corrected chi connectivity index (χ3v) is 15.1. The number of nitrogens with two attached hydrogens (primary N) is 1. The van der Waals surface area contributed by atoms with Crippen molar-refractivity contribution in [3.63, 3.8) is 0 Å². The molecule has 426 valence electrons. The van der Waals surface area contributed by atoms with Crippen LogP contribution >= 0.6 is 56.7 Å². The SMILES string of the molecule is C1CCOC1.CO.Cl.Cl.[2H]C([2H])([2H])C(=N[S@](=O)C(C)(C)C)c1ccnc(Br)c1.[2H]C([2H])([2H])[C@]([2H])(N)c1ccnc(S(C)(=O)=O)c1.[2H]C([2H])([2H])[C@]([2H])(N[S@](=O)C(C)(C)C)c1ccnc(Br)c1.[2H]C([2H])([2H])[C@]([2H])(N[S@](=O)C(C)(C)C)c1ccnc(S(C)(=O)=O)c1.[2H][B-]([2H])([2H])[2H].[Li+]. The van der Waals surface area contributed by atoms with Crippen molar-refractivity contribution in [2.75, 3.05) is 32.8 Å². The molecule has 0 spiro atoms. The number of aliphatic hydroxyl groups is 1. The topological polar surface area (TPSA) is 263 Å². The number of ether oxygens (including phenoxy) is 1. The molecule has 5 N–H and O–H groups in total. The number of nitrogens with one attached hydrogen (secondary N) is 2. The Labute approximate surface area is 526 Å². The second kappa shape index (κ2) is 39.1. The first kappa shape index (κ1) is 50.6. The summed E-state index contributed by atoms with van der Waals surface area (Å²) in [5, 5.41) is 6.35. The van der Waals surface area contributed by atoms with Gasteiger partial charge < -0.3 is 15.6 Å². The van der Waals surface area contributed by atoms with E-state index in [1.807, 2.05) is 0 Å². The Morgan fingerprint density at radius 3 is 1.44 bits per heavy atom. The van der Waals surface area contributed by atoms with Crippen LogP contribution < -0.4 is 34.0 Å². The molecular formula is C47H82BBr2Cl2LiN8O9S5. The summed E-state index contributed by atoms with van der Waals surface area (Å²) in [6.07, 6.45) is 9.53. The number of aliphatic hydroxyl groups excluding tert-OH is 1. The summed E-state index contributed by atoms with van der Waals surface area (Å²) in [4.78, 5) is 15.1. The molecular weight excluding hydrogens is 1230 g/mol. The molecule has 0 aromatic carbocycles. The molecule has 0 bridgehead atoms. The van der Waals surface area contributed by atoms with Crippen molar-refractivity contribution in [3.05, 3.63) is 105 Å². The molecule has 4 aromatic rings. The van der Waals surface area contributed by atoms with Crippen LogP contribution in [-0.2, 0) is 57.4 Å². The van der Waals surface area contributed by atoms with Gasteiger partial charge in [-0.1, -0.05) is 8.27 Å². The van der Waals surface area contributed by atoms with Crippen LogP contribution in [0.5, 0.6) is 0 Å². The van der Waals surface area contributed by atoms with Gasteiger partial charge in [0.2, 0.25) is 0 Å². The second-order valence-electron chi connectivity index (χ2n) is 17.3. The van der Waals surface area contributed by atoms with E-state index in [4.69, 9.17) is 41.5 Å². The van der Waals surface area contributed by atoms with Gasteiger partial charge in [-0.25, -0.2) is 64.2 Å². The zero-order valence-corrected chi connectivity index (χ0v) is 52.9. The van der Waals surface area contributed by atoms with E-state index in [1.54, 1.807) is 68.4 Å². The van der Waals surface area contributed by atoms with Crippen LogP contribution in [0, 0.1) is 0 Å². The van der Waals surface area contributed by atoms with E-state index in [1.165, 1.54) is 55.6 Å². The maximum absolute atomic E-state index is 12.3. The van der Waals surface area contributed by atoms with Gasteiger partial charge in [0.1, 0.15) is 20.2 Å². The van der Waals surface area contributed by atoms with Crippen molar-refractivity contribution < 1.29 is 78.7 Å². The molecule has 6 atom stereocenters. The average molecular weight is 1330 g/mol. The summed E-state index contributed by atoms with van der Waals surface area (Å²) < 4.78 is 233. The first-order valence-corrected chi connectivity index (χ1v) is 29.5. The molecule has 75 heavy (non-hydrogen) atoms. The van der Waals surface area contributed by atoms with Gasteiger partial charge in [-0.05, 0) is 200 Å². The fourth-order valence-electron chi connectivity index (χ4n) is 4.05. The van der Waals surface area contributed by atoms with Crippen molar-refractivity contribution >= 4 is 123 Å².